The predicted molar refractivity (Wildman–Crippen MR) is 117 cm³/mol. The van der Waals surface area contributed by atoms with E-state index in [4.69, 9.17) is 9.84 Å². The molecule has 0 fully saturated rings. The van der Waals surface area contributed by atoms with Crippen molar-refractivity contribution < 1.29 is 9.84 Å². The summed E-state index contributed by atoms with van der Waals surface area (Å²) in [6.07, 6.45) is 23.3. The van der Waals surface area contributed by atoms with E-state index in [1.807, 2.05) is 6.07 Å². The molecule has 0 aliphatic heterocycles. The largest absolute Gasteiger partial charge is 0.396 e. The minimum atomic E-state index is 0.184. The van der Waals surface area contributed by atoms with Crippen molar-refractivity contribution in [3.8, 4) is 0 Å². The molecule has 2 nitrogen and oxygen atoms in total. The third-order valence-corrected chi connectivity index (χ3v) is 4.44. The number of allylic oxidation sites excluding steroid dienone is 5. The molecule has 0 saturated carbocycles. The van der Waals surface area contributed by atoms with Gasteiger partial charge in [0, 0.05) is 6.61 Å². The van der Waals surface area contributed by atoms with E-state index in [1.54, 1.807) is 0 Å². The number of aliphatic hydroxyl groups is 1. The number of hydrogen-bond donors (Lipinski definition) is 1. The van der Waals surface area contributed by atoms with E-state index in [0.717, 1.165) is 32.1 Å². The van der Waals surface area contributed by atoms with Crippen molar-refractivity contribution >= 4 is 0 Å². The van der Waals surface area contributed by atoms with Crippen molar-refractivity contribution in [3.05, 3.63) is 72.4 Å². The fourth-order valence-electron chi connectivity index (χ4n) is 2.80. The lowest BCUT2D eigenvalue weighted by atomic mass is 10.1. The molecule has 1 atom stereocenters. The fourth-order valence-corrected chi connectivity index (χ4v) is 2.80. The summed E-state index contributed by atoms with van der Waals surface area (Å²) in [5.41, 5.74) is 1.23. The van der Waals surface area contributed by atoms with Crippen molar-refractivity contribution in [3.63, 3.8) is 0 Å². The van der Waals surface area contributed by atoms with E-state index in [0.29, 0.717) is 13.2 Å². The highest BCUT2D eigenvalue weighted by Crippen LogP contribution is 2.12. The SMILES string of the molecule is CCCCC[C@@H](/C=C/C=C\C/C=C\CCCCCO)OCc1ccccc1. The van der Waals surface area contributed by atoms with Crippen molar-refractivity contribution in [2.75, 3.05) is 6.61 Å². The molecule has 150 valence electrons. The van der Waals surface area contributed by atoms with Gasteiger partial charge in [0.2, 0.25) is 0 Å². The van der Waals surface area contributed by atoms with Gasteiger partial charge in [0.25, 0.3) is 0 Å². The summed E-state index contributed by atoms with van der Waals surface area (Å²) in [7, 11) is 0. The summed E-state index contributed by atoms with van der Waals surface area (Å²) in [6.45, 7) is 3.22. The quantitative estimate of drug-likeness (QED) is 0.198. The average Bonchev–Trinajstić information content (AvgIpc) is 2.70. The van der Waals surface area contributed by atoms with Crippen LogP contribution in [0.1, 0.15) is 70.3 Å². The third kappa shape index (κ3) is 14.1. The zero-order valence-corrected chi connectivity index (χ0v) is 17.1. The Morgan fingerprint density at radius 1 is 0.926 bits per heavy atom. The van der Waals surface area contributed by atoms with Gasteiger partial charge in [-0.3, -0.25) is 0 Å². The summed E-state index contributed by atoms with van der Waals surface area (Å²) in [5, 5.41) is 8.74. The molecule has 0 amide bonds. The highest BCUT2D eigenvalue weighted by atomic mass is 16.5. The number of hydrogen-bond acceptors (Lipinski definition) is 2. The summed E-state index contributed by atoms with van der Waals surface area (Å²) in [4.78, 5) is 0. The minimum absolute atomic E-state index is 0.184. The molecule has 0 radical (unpaired) electrons. The predicted octanol–water partition coefficient (Wildman–Crippen LogP) is 6.76. The zero-order valence-electron chi connectivity index (χ0n) is 17.1. The van der Waals surface area contributed by atoms with Gasteiger partial charge in [0.05, 0.1) is 12.7 Å². The first kappa shape index (κ1) is 23.4. The molecule has 0 bridgehead atoms. The average molecular weight is 371 g/mol. The standard InChI is InChI=1S/C25H38O2/c1-2-3-13-20-25(27-23-24-18-14-12-15-19-24)21-16-10-8-6-4-5-7-9-11-17-22-26/h4-5,8,10,12,14-16,18-19,21,25-26H,2-3,6-7,9,11,13,17,20,22-23H2,1H3/b5-4-,10-8-,21-16+/t25-/m0/s1. The van der Waals surface area contributed by atoms with Crippen LogP contribution in [-0.4, -0.2) is 17.8 Å². The van der Waals surface area contributed by atoms with E-state index in [2.05, 4.69) is 67.6 Å². The molecule has 1 aromatic rings. The van der Waals surface area contributed by atoms with Crippen LogP contribution < -0.4 is 0 Å². The monoisotopic (exact) mass is 370 g/mol. The fraction of sp³-hybridized carbons (Fsp3) is 0.520. The van der Waals surface area contributed by atoms with Gasteiger partial charge in [-0.2, -0.15) is 0 Å². The van der Waals surface area contributed by atoms with Crippen LogP contribution in [0.2, 0.25) is 0 Å². The molecule has 0 spiro atoms. The first-order valence-electron chi connectivity index (χ1n) is 10.6. The van der Waals surface area contributed by atoms with E-state index in [1.165, 1.54) is 31.2 Å². The number of rotatable bonds is 16. The van der Waals surface area contributed by atoms with Crippen LogP contribution in [0, 0.1) is 0 Å². The van der Waals surface area contributed by atoms with Crippen LogP contribution in [0.15, 0.2) is 66.8 Å². The second kappa shape index (κ2) is 17.8. The molecule has 0 aliphatic rings. The molecule has 27 heavy (non-hydrogen) atoms. The Hall–Kier alpha value is -1.64. The normalized spacial score (nSPS) is 13.3. The molecule has 2 heteroatoms. The van der Waals surface area contributed by atoms with Gasteiger partial charge in [0.1, 0.15) is 0 Å². The lowest BCUT2D eigenvalue weighted by Gasteiger charge is -2.14. The summed E-state index contributed by atoms with van der Waals surface area (Å²) in [6, 6.07) is 10.4. The van der Waals surface area contributed by atoms with Crippen LogP contribution in [0.4, 0.5) is 0 Å². The minimum Gasteiger partial charge on any atom is -0.396 e. The molecule has 0 heterocycles. The molecule has 0 aliphatic carbocycles. The Balaban J connectivity index is 2.29. The van der Waals surface area contributed by atoms with Crippen molar-refractivity contribution in [1.29, 1.82) is 0 Å². The molecule has 0 saturated heterocycles. The molecule has 1 rings (SSSR count). The van der Waals surface area contributed by atoms with Gasteiger partial charge < -0.3 is 9.84 Å². The Bertz CT molecular complexity index is 516. The van der Waals surface area contributed by atoms with Crippen molar-refractivity contribution in [2.45, 2.75) is 77.4 Å². The lowest BCUT2D eigenvalue weighted by molar-refractivity contribution is 0.0648. The Labute approximate surface area is 166 Å². The second-order valence-electron chi connectivity index (χ2n) is 6.92. The van der Waals surface area contributed by atoms with Crippen LogP contribution in [0.25, 0.3) is 0 Å². The first-order valence-corrected chi connectivity index (χ1v) is 10.6. The third-order valence-electron chi connectivity index (χ3n) is 4.44. The van der Waals surface area contributed by atoms with E-state index in [9.17, 15) is 0 Å². The lowest BCUT2D eigenvalue weighted by Crippen LogP contribution is -2.09. The topological polar surface area (TPSA) is 29.5 Å². The Morgan fingerprint density at radius 2 is 1.78 bits per heavy atom. The highest BCUT2D eigenvalue weighted by molar-refractivity contribution is 5.14. The maximum Gasteiger partial charge on any atom is 0.0763 e. The number of benzene rings is 1. The van der Waals surface area contributed by atoms with E-state index >= 15 is 0 Å². The number of ether oxygens (including phenoxy) is 1. The molecule has 1 N–H and O–H groups in total. The number of unbranched alkanes of at least 4 members (excludes halogenated alkanes) is 5. The zero-order chi connectivity index (χ0) is 19.4. The Kier molecular flexibility index (Phi) is 15.4. The van der Waals surface area contributed by atoms with E-state index in [-0.39, 0.29) is 6.10 Å². The summed E-state index contributed by atoms with van der Waals surface area (Å²) < 4.78 is 6.11. The maximum atomic E-state index is 8.74. The smallest absolute Gasteiger partial charge is 0.0763 e. The van der Waals surface area contributed by atoms with Gasteiger partial charge in [-0.15, -0.1) is 0 Å². The van der Waals surface area contributed by atoms with Crippen LogP contribution in [0.5, 0.6) is 0 Å². The molecular formula is C25H38O2. The molecular weight excluding hydrogens is 332 g/mol. The van der Waals surface area contributed by atoms with Crippen LogP contribution in [-0.2, 0) is 11.3 Å². The second-order valence-corrected chi connectivity index (χ2v) is 6.92. The first-order chi connectivity index (χ1) is 13.4. The van der Waals surface area contributed by atoms with Crippen LogP contribution >= 0.6 is 0 Å². The van der Waals surface area contributed by atoms with Crippen LogP contribution in [0.3, 0.4) is 0 Å². The molecule has 0 aromatic heterocycles. The van der Waals surface area contributed by atoms with Gasteiger partial charge in [-0.1, -0.05) is 99.4 Å². The summed E-state index contributed by atoms with van der Waals surface area (Å²) in [5.74, 6) is 0. The van der Waals surface area contributed by atoms with Gasteiger partial charge >= 0.3 is 0 Å². The van der Waals surface area contributed by atoms with E-state index < -0.39 is 0 Å². The highest BCUT2D eigenvalue weighted by Gasteiger charge is 2.04. The molecule has 1 aromatic carbocycles. The maximum absolute atomic E-state index is 8.74. The van der Waals surface area contributed by atoms with Gasteiger partial charge in [-0.25, -0.2) is 0 Å². The van der Waals surface area contributed by atoms with Gasteiger partial charge in [0.15, 0.2) is 0 Å². The van der Waals surface area contributed by atoms with Crippen molar-refractivity contribution in [2.24, 2.45) is 0 Å². The summed E-state index contributed by atoms with van der Waals surface area (Å²) >= 11 is 0. The van der Waals surface area contributed by atoms with Crippen molar-refractivity contribution in [1.82, 2.24) is 0 Å². The molecule has 0 unspecified atom stereocenters. The number of aliphatic hydroxyl groups excluding tert-OH is 1. The Morgan fingerprint density at radius 3 is 2.56 bits per heavy atom. The van der Waals surface area contributed by atoms with Gasteiger partial charge in [-0.05, 0) is 37.7 Å².